The van der Waals surface area contributed by atoms with E-state index in [0.717, 1.165) is 0 Å². The fraction of sp³-hybridized carbons (Fsp3) is 0.900. The summed E-state index contributed by atoms with van der Waals surface area (Å²) in [7, 11) is 4.55. The fourth-order valence-corrected chi connectivity index (χ4v) is 1.30. The van der Waals surface area contributed by atoms with Crippen LogP contribution in [0, 0.1) is 0 Å². The van der Waals surface area contributed by atoms with Crippen LogP contribution in [0.4, 0.5) is 8.78 Å². The molecule has 0 aliphatic rings. The van der Waals surface area contributed by atoms with Crippen molar-refractivity contribution in [2.75, 3.05) is 34.3 Å². The van der Waals surface area contributed by atoms with E-state index in [0.29, 0.717) is 13.0 Å². The standard InChI is InChI=1S/C10H20F2N2O2/c1-10(13-2,9(15)16-4)5-6-14(3)7-8(11)12/h8,13H,5-7H2,1-4H3. The number of nitrogens with one attached hydrogen (secondary N) is 1. The summed E-state index contributed by atoms with van der Waals surface area (Å²) >= 11 is 0. The molecule has 1 N–H and O–H groups in total. The summed E-state index contributed by atoms with van der Waals surface area (Å²) in [6.45, 7) is 1.80. The first-order valence-electron chi connectivity index (χ1n) is 5.09. The van der Waals surface area contributed by atoms with Crippen molar-refractivity contribution in [1.29, 1.82) is 0 Å². The van der Waals surface area contributed by atoms with Gasteiger partial charge in [0.25, 0.3) is 6.43 Å². The monoisotopic (exact) mass is 238 g/mol. The molecule has 0 fully saturated rings. The molecule has 16 heavy (non-hydrogen) atoms. The molecule has 4 nitrogen and oxygen atoms in total. The van der Waals surface area contributed by atoms with Gasteiger partial charge in [-0.1, -0.05) is 0 Å². The molecule has 0 radical (unpaired) electrons. The predicted octanol–water partition coefficient (Wildman–Crippen LogP) is 0.724. The Kier molecular flexibility index (Phi) is 6.43. The average Bonchev–Trinajstić information content (AvgIpc) is 2.23. The lowest BCUT2D eigenvalue weighted by Gasteiger charge is -2.28. The van der Waals surface area contributed by atoms with Crippen molar-refractivity contribution in [2.24, 2.45) is 0 Å². The van der Waals surface area contributed by atoms with Crippen LogP contribution in [0.2, 0.25) is 0 Å². The Morgan fingerprint density at radius 3 is 2.50 bits per heavy atom. The summed E-state index contributed by atoms with van der Waals surface area (Å²) in [5, 5.41) is 2.85. The molecule has 1 unspecified atom stereocenters. The van der Waals surface area contributed by atoms with Crippen LogP contribution < -0.4 is 5.32 Å². The highest BCUT2D eigenvalue weighted by Gasteiger charge is 2.32. The summed E-state index contributed by atoms with van der Waals surface area (Å²) < 4.78 is 28.8. The molecule has 96 valence electrons. The van der Waals surface area contributed by atoms with E-state index in [1.807, 2.05) is 0 Å². The maximum Gasteiger partial charge on any atom is 0.325 e. The molecule has 0 heterocycles. The largest absolute Gasteiger partial charge is 0.468 e. The maximum atomic E-state index is 12.1. The summed E-state index contributed by atoms with van der Waals surface area (Å²) in [5.41, 5.74) is -0.828. The topological polar surface area (TPSA) is 41.6 Å². The number of methoxy groups -OCH3 is 1. The first-order valence-corrected chi connectivity index (χ1v) is 5.09. The van der Waals surface area contributed by atoms with E-state index in [-0.39, 0.29) is 12.5 Å². The summed E-state index contributed by atoms with van der Waals surface area (Å²) in [4.78, 5) is 12.9. The molecule has 0 aliphatic heterocycles. The molecule has 0 spiro atoms. The minimum Gasteiger partial charge on any atom is -0.468 e. The lowest BCUT2D eigenvalue weighted by Crippen LogP contribution is -2.50. The number of carbonyl (C=O) groups is 1. The number of carbonyl (C=O) groups excluding carboxylic acids is 1. The third kappa shape index (κ3) is 4.85. The van der Waals surface area contributed by atoms with Crippen LogP contribution in [0.5, 0.6) is 0 Å². The highest BCUT2D eigenvalue weighted by molar-refractivity contribution is 5.80. The lowest BCUT2D eigenvalue weighted by molar-refractivity contribution is -0.148. The Morgan fingerprint density at radius 1 is 1.56 bits per heavy atom. The average molecular weight is 238 g/mol. The molecular formula is C10H20F2N2O2. The second-order valence-corrected chi connectivity index (χ2v) is 3.98. The SMILES string of the molecule is CNC(C)(CCN(C)CC(F)F)C(=O)OC. The van der Waals surface area contributed by atoms with Crippen LogP contribution in [0.25, 0.3) is 0 Å². The van der Waals surface area contributed by atoms with Crippen molar-refractivity contribution in [3.8, 4) is 0 Å². The third-order valence-electron chi connectivity index (χ3n) is 2.63. The van der Waals surface area contributed by atoms with Crippen LogP contribution in [0.1, 0.15) is 13.3 Å². The molecule has 0 saturated carbocycles. The molecule has 0 rings (SSSR count). The second-order valence-electron chi connectivity index (χ2n) is 3.98. The lowest BCUT2D eigenvalue weighted by atomic mass is 9.98. The molecule has 1 atom stereocenters. The van der Waals surface area contributed by atoms with Gasteiger partial charge in [0.1, 0.15) is 5.54 Å². The van der Waals surface area contributed by atoms with E-state index < -0.39 is 12.0 Å². The first kappa shape index (κ1) is 15.2. The molecule has 0 aliphatic carbocycles. The van der Waals surface area contributed by atoms with Crippen molar-refractivity contribution in [1.82, 2.24) is 10.2 Å². The molecule has 0 amide bonds. The highest BCUT2D eigenvalue weighted by atomic mass is 19.3. The van der Waals surface area contributed by atoms with Gasteiger partial charge in [0.15, 0.2) is 0 Å². The smallest absolute Gasteiger partial charge is 0.325 e. The van der Waals surface area contributed by atoms with Gasteiger partial charge in [-0.2, -0.15) is 0 Å². The van der Waals surface area contributed by atoms with Gasteiger partial charge in [-0.25, -0.2) is 8.78 Å². The molecule has 0 aromatic heterocycles. The van der Waals surface area contributed by atoms with Gasteiger partial charge >= 0.3 is 5.97 Å². The van der Waals surface area contributed by atoms with E-state index in [4.69, 9.17) is 0 Å². The summed E-state index contributed by atoms with van der Waals surface area (Å²) in [6.07, 6.45) is -1.94. The second kappa shape index (κ2) is 6.75. The van der Waals surface area contributed by atoms with Crippen LogP contribution in [0.15, 0.2) is 0 Å². The predicted molar refractivity (Wildman–Crippen MR) is 57.6 cm³/mol. The first-order chi connectivity index (χ1) is 7.35. The van der Waals surface area contributed by atoms with Gasteiger partial charge in [-0.05, 0) is 27.4 Å². The Balaban J connectivity index is 4.18. The number of hydrogen-bond donors (Lipinski definition) is 1. The van der Waals surface area contributed by atoms with E-state index in [2.05, 4.69) is 10.1 Å². The Labute approximate surface area is 94.9 Å². The molecule has 0 aromatic carbocycles. The van der Waals surface area contributed by atoms with Crippen molar-refractivity contribution in [3.63, 3.8) is 0 Å². The van der Waals surface area contributed by atoms with E-state index in [1.165, 1.54) is 12.0 Å². The van der Waals surface area contributed by atoms with Crippen molar-refractivity contribution in [2.45, 2.75) is 25.3 Å². The van der Waals surface area contributed by atoms with Crippen molar-refractivity contribution in [3.05, 3.63) is 0 Å². The van der Waals surface area contributed by atoms with Gasteiger partial charge < -0.3 is 15.0 Å². The van der Waals surface area contributed by atoms with E-state index >= 15 is 0 Å². The van der Waals surface area contributed by atoms with Crippen molar-refractivity contribution >= 4 is 5.97 Å². The number of ether oxygens (including phenoxy) is 1. The van der Waals surface area contributed by atoms with Gasteiger partial charge in [-0.3, -0.25) is 4.79 Å². The zero-order chi connectivity index (χ0) is 12.8. The van der Waals surface area contributed by atoms with E-state index in [1.54, 1.807) is 21.0 Å². The normalized spacial score (nSPS) is 15.2. The number of rotatable bonds is 7. The number of nitrogens with zero attached hydrogens (tertiary/aromatic N) is 1. The van der Waals surface area contributed by atoms with Crippen LogP contribution in [0.3, 0.4) is 0 Å². The Morgan fingerprint density at radius 2 is 2.12 bits per heavy atom. The number of hydrogen-bond acceptors (Lipinski definition) is 4. The zero-order valence-corrected chi connectivity index (χ0v) is 10.2. The zero-order valence-electron chi connectivity index (χ0n) is 10.2. The fourth-order valence-electron chi connectivity index (χ4n) is 1.30. The number of halogens is 2. The molecule has 0 saturated heterocycles. The number of likely N-dealkylation sites (N-methyl/N-ethyl adjacent to an activating group) is 1. The number of esters is 1. The minimum atomic E-state index is -2.36. The Hall–Kier alpha value is -0.750. The molecular weight excluding hydrogens is 218 g/mol. The van der Waals surface area contributed by atoms with Crippen molar-refractivity contribution < 1.29 is 18.3 Å². The summed E-state index contributed by atoms with van der Waals surface area (Å²) in [5.74, 6) is -0.388. The summed E-state index contributed by atoms with van der Waals surface area (Å²) in [6, 6.07) is 0. The van der Waals surface area contributed by atoms with Gasteiger partial charge in [-0.15, -0.1) is 0 Å². The molecule has 0 aromatic rings. The molecule has 6 heteroatoms. The highest BCUT2D eigenvalue weighted by Crippen LogP contribution is 2.12. The van der Waals surface area contributed by atoms with Gasteiger partial charge in [0, 0.05) is 6.54 Å². The Bertz CT molecular complexity index is 227. The maximum absolute atomic E-state index is 12.1. The van der Waals surface area contributed by atoms with Crippen LogP contribution in [-0.2, 0) is 9.53 Å². The third-order valence-corrected chi connectivity index (χ3v) is 2.63. The minimum absolute atomic E-state index is 0.291. The number of alkyl halides is 2. The quantitative estimate of drug-likeness (QED) is 0.664. The molecule has 0 bridgehead atoms. The van der Waals surface area contributed by atoms with Gasteiger partial charge in [0.05, 0.1) is 13.7 Å². The van der Waals surface area contributed by atoms with Crippen LogP contribution >= 0.6 is 0 Å². The van der Waals surface area contributed by atoms with Crippen LogP contribution in [-0.4, -0.2) is 57.1 Å². The van der Waals surface area contributed by atoms with Gasteiger partial charge in [0.2, 0.25) is 0 Å². The van der Waals surface area contributed by atoms with E-state index in [9.17, 15) is 13.6 Å².